The number of anilines is 2. The van der Waals surface area contributed by atoms with Crippen LogP contribution in [-0.4, -0.2) is 20.6 Å². The SMILES string of the molecule is Cc1nc2ccc(NC(=O)Nc3ccc(Cl)cc3)cn2n1. The van der Waals surface area contributed by atoms with Crippen LogP contribution < -0.4 is 10.6 Å². The van der Waals surface area contributed by atoms with Crippen molar-refractivity contribution in [1.82, 2.24) is 14.6 Å². The van der Waals surface area contributed by atoms with Crippen molar-refractivity contribution >= 4 is 34.7 Å². The van der Waals surface area contributed by atoms with Gasteiger partial charge in [0, 0.05) is 10.7 Å². The van der Waals surface area contributed by atoms with Crippen molar-refractivity contribution in [3.8, 4) is 0 Å². The van der Waals surface area contributed by atoms with E-state index in [4.69, 9.17) is 11.6 Å². The Balaban J connectivity index is 1.71. The van der Waals surface area contributed by atoms with Crippen LogP contribution in [0.15, 0.2) is 42.6 Å². The van der Waals surface area contributed by atoms with Crippen molar-refractivity contribution < 1.29 is 4.79 Å². The van der Waals surface area contributed by atoms with E-state index in [1.54, 1.807) is 47.1 Å². The van der Waals surface area contributed by atoms with Gasteiger partial charge in [-0.3, -0.25) is 0 Å². The summed E-state index contributed by atoms with van der Waals surface area (Å²) in [6.45, 7) is 1.81. The molecule has 0 fully saturated rings. The Hall–Kier alpha value is -2.60. The fourth-order valence-corrected chi connectivity index (χ4v) is 2.02. The van der Waals surface area contributed by atoms with E-state index in [2.05, 4.69) is 20.7 Å². The minimum Gasteiger partial charge on any atom is -0.308 e. The molecule has 0 saturated heterocycles. The summed E-state index contributed by atoms with van der Waals surface area (Å²) in [5.74, 6) is 0.678. The van der Waals surface area contributed by atoms with Crippen LogP contribution in [0.5, 0.6) is 0 Å². The van der Waals surface area contributed by atoms with Gasteiger partial charge in [0.05, 0.1) is 11.9 Å². The summed E-state index contributed by atoms with van der Waals surface area (Å²) in [6.07, 6.45) is 1.71. The molecule has 2 amide bonds. The normalized spacial score (nSPS) is 10.6. The minimum absolute atomic E-state index is 0.339. The molecule has 3 rings (SSSR count). The van der Waals surface area contributed by atoms with Crippen LogP contribution in [0, 0.1) is 6.92 Å². The molecule has 0 aliphatic heterocycles. The van der Waals surface area contributed by atoms with E-state index in [0.29, 0.717) is 22.2 Å². The van der Waals surface area contributed by atoms with E-state index in [9.17, 15) is 4.79 Å². The van der Waals surface area contributed by atoms with Crippen molar-refractivity contribution in [3.63, 3.8) is 0 Å². The van der Waals surface area contributed by atoms with Crippen LogP contribution in [0.25, 0.3) is 5.65 Å². The summed E-state index contributed by atoms with van der Waals surface area (Å²) in [5.41, 5.74) is 2.02. The molecule has 3 aromatic rings. The van der Waals surface area contributed by atoms with E-state index >= 15 is 0 Å². The second-order valence-corrected chi connectivity index (χ2v) is 4.90. The number of hydrogen-bond acceptors (Lipinski definition) is 3. The van der Waals surface area contributed by atoms with Gasteiger partial charge in [-0.15, -0.1) is 0 Å². The largest absolute Gasteiger partial charge is 0.323 e. The molecule has 2 heterocycles. The lowest BCUT2D eigenvalue weighted by molar-refractivity contribution is 0.262. The molecule has 6 nitrogen and oxygen atoms in total. The number of rotatable bonds is 2. The number of halogens is 1. The number of nitrogens with one attached hydrogen (secondary N) is 2. The third-order valence-corrected chi connectivity index (χ3v) is 3.05. The number of pyridine rings is 1. The molecule has 0 radical (unpaired) electrons. The fourth-order valence-electron chi connectivity index (χ4n) is 1.89. The second kappa shape index (κ2) is 5.41. The first-order valence-corrected chi connectivity index (χ1v) is 6.64. The highest BCUT2D eigenvalue weighted by Crippen LogP contribution is 2.14. The van der Waals surface area contributed by atoms with Gasteiger partial charge in [0.1, 0.15) is 5.82 Å². The van der Waals surface area contributed by atoms with Crippen molar-refractivity contribution in [1.29, 1.82) is 0 Å². The van der Waals surface area contributed by atoms with Crippen LogP contribution in [0.1, 0.15) is 5.82 Å². The van der Waals surface area contributed by atoms with E-state index in [1.807, 2.05) is 6.92 Å². The summed E-state index contributed by atoms with van der Waals surface area (Å²) in [6, 6.07) is 10.1. The highest BCUT2D eigenvalue weighted by Gasteiger charge is 2.05. The Morgan fingerprint density at radius 3 is 2.52 bits per heavy atom. The van der Waals surface area contributed by atoms with Gasteiger partial charge in [-0.05, 0) is 43.3 Å². The number of hydrogen-bond donors (Lipinski definition) is 2. The van der Waals surface area contributed by atoms with E-state index < -0.39 is 0 Å². The summed E-state index contributed by atoms with van der Waals surface area (Å²) in [7, 11) is 0. The van der Waals surface area contributed by atoms with Crippen LogP contribution in [0.2, 0.25) is 5.02 Å². The van der Waals surface area contributed by atoms with Crippen molar-refractivity contribution in [3.05, 3.63) is 53.4 Å². The average Bonchev–Trinajstić information content (AvgIpc) is 2.80. The van der Waals surface area contributed by atoms with E-state index in [0.717, 1.165) is 5.65 Å². The number of carbonyl (C=O) groups excluding carboxylic acids is 1. The van der Waals surface area contributed by atoms with E-state index in [1.165, 1.54) is 0 Å². The predicted octanol–water partition coefficient (Wildman–Crippen LogP) is 3.34. The quantitative estimate of drug-likeness (QED) is 0.762. The molecular formula is C14H12ClN5O. The van der Waals surface area contributed by atoms with Crippen LogP contribution in [0.4, 0.5) is 16.2 Å². The fraction of sp³-hybridized carbons (Fsp3) is 0.0714. The number of carbonyl (C=O) groups is 1. The number of fused-ring (bicyclic) bond motifs is 1. The number of urea groups is 1. The Morgan fingerprint density at radius 1 is 1.10 bits per heavy atom. The zero-order chi connectivity index (χ0) is 14.8. The van der Waals surface area contributed by atoms with Gasteiger partial charge in [0.25, 0.3) is 0 Å². The summed E-state index contributed by atoms with van der Waals surface area (Å²) < 4.78 is 1.62. The molecule has 0 spiro atoms. The van der Waals surface area contributed by atoms with Crippen LogP contribution >= 0.6 is 11.6 Å². The first-order chi connectivity index (χ1) is 10.1. The zero-order valence-electron chi connectivity index (χ0n) is 11.2. The van der Waals surface area contributed by atoms with Crippen molar-refractivity contribution in [2.45, 2.75) is 6.92 Å². The first-order valence-electron chi connectivity index (χ1n) is 6.27. The van der Waals surface area contributed by atoms with Gasteiger partial charge < -0.3 is 10.6 Å². The summed E-state index contributed by atoms with van der Waals surface area (Å²) in [4.78, 5) is 16.1. The molecule has 0 atom stereocenters. The lowest BCUT2D eigenvalue weighted by atomic mass is 10.3. The first kappa shape index (κ1) is 13.4. The maximum atomic E-state index is 11.9. The number of benzene rings is 1. The molecule has 7 heteroatoms. The highest BCUT2D eigenvalue weighted by molar-refractivity contribution is 6.30. The average molecular weight is 302 g/mol. The number of nitrogens with zero attached hydrogens (tertiary/aromatic N) is 3. The van der Waals surface area contributed by atoms with Gasteiger partial charge in [-0.1, -0.05) is 11.6 Å². The van der Waals surface area contributed by atoms with Crippen LogP contribution in [0.3, 0.4) is 0 Å². The zero-order valence-corrected chi connectivity index (χ0v) is 11.9. The maximum absolute atomic E-state index is 11.9. The topological polar surface area (TPSA) is 71.3 Å². The second-order valence-electron chi connectivity index (χ2n) is 4.47. The van der Waals surface area contributed by atoms with Gasteiger partial charge >= 0.3 is 6.03 Å². The molecule has 21 heavy (non-hydrogen) atoms. The van der Waals surface area contributed by atoms with Gasteiger partial charge in [-0.25, -0.2) is 14.3 Å². The molecule has 2 aromatic heterocycles. The smallest absolute Gasteiger partial charge is 0.308 e. The molecule has 0 aliphatic rings. The molecule has 0 saturated carbocycles. The molecule has 0 bridgehead atoms. The maximum Gasteiger partial charge on any atom is 0.323 e. The molecular weight excluding hydrogens is 290 g/mol. The Bertz CT molecular complexity index is 797. The monoisotopic (exact) mass is 301 g/mol. The highest BCUT2D eigenvalue weighted by atomic mass is 35.5. The third kappa shape index (κ3) is 3.11. The summed E-state index contributed by atoms with van der Waals surface area (Å²) >= 11 is 5.79. The summed E-state index contributed by atoms with van der Waals surface area (Å²) in [5, 5.41) is 10.3. The van der Waals surface area contributed by atoms with Gasteiger partial charge in [-0.2, -0.15) is 5.10 Å². The Labute approximate surface area is 125 Å². The molecule has 2 N–H and O–H groups in total. The van der Waals surface area contributed by atoms with Crippen LogP contribution in [-0.2, 0) is 0 Å². The Morgan fingerprint density at radius 2 is 1.76 bits per heavy atom. The van der Waals surface area contributed by atoms with Gasteiger partial charge in [0.15, 0.2) is 5.65 Å². The lowest BCUT2D eigenvalue weighted by Crippen LogP contribution is -2.19. The van der Waals surface area contributed by atoms with Crippen molar-refractivity contribution in [2.24, 2.45) is 0 Å². The van der Waals surface area contributed by atoms with Gasteiger partial charge in [0.2, 0.25) is 0 Å². The molecule has 0 aliphatic carbocycles. The predicted molar refractivity (Wildman–Crippen MR) is 81.8 cm³/mol. The molecule has 0 unspecified atom stereocenters. The molecule has 106 valence electrons. The minimum atomic E-state index is -0.339. The standard InChI is InChI=1S/C14H12ClN5O/c1-9-16-13-7-6-12(8-20(13)19-9)18-14(21)17-11-4-2-10(15)3-5-11/h2-8H,1H3,(H2,17,18,21). The number of aryl methyl sites for hydroxylation is 1. The number of aromatic nitrogens is 3. The van der Waals surface area contributed by atoms with Crippen molar-refractivity contribution in [2.75, 3.05) is 10.6 Å². The lowest BCUT2D eigenvalue weighted by Gasteiger charge is -2.07. The Kier molecular flexibility index (Phi) is 3.45. The third-order valence-electron chi connectivity index (χ3n) is 2.80. The molecule has 1 aromatic carbocycles. The number of amides is 2. The van der Waals surface area contributed by atoms with E-state index in [-0.39, 0.29) is 6.03 Å².